The van der Waals surface area contributed by atoms with E-state index in [1.54, 1.807) is 26.8 Å². The molecule has 1 aliphatic rings. The monoisotopic (exact) mass is 387 g/mol. The standard InChI is InChI=1S/C19H18BrNO3/c1-19(2,3)24-18(23)21-15-11-13(20)9-10-14(15)16(17(21)22)12-7-5-4-6-8-12/h4-11,16H,1-3H3. The van der Waals surface area contributed by atoms with E-state index in [2.05, 4.69) is 15.9 Å². The summed E-state index contributed by atoms with van der Waals surface area (Å²) in [5.41, 5.74) is 1.56. The molecule has 0 fully saturated rings. The number of hydrogen-bond donors (Lipinski definition) is 0. The van der Waals surface area contributed by atoms with Gasteiger partial charge in [-0.25, -0.2) is 9.69 Å². The summed E-state index contributed by atoms with van der Waals surface area (Å²) < 4.78 is 6.23. The summed E-state index contributed by atoms with van der Waals surface area (Å²) in [6, 6.07) is 15.0. The first-order valence-electron chi connectivity index (χ1n) is 7.69. The van der Waals surface area contributed by atoms with Crippen molar-refractivity contribution in [1.82, 2.24) is 0 Å². The fourth-order valence-corrected chi connectivity index (χ4v) is 3.15. The van der Waals surface area contributed by atoms with Crippen molar-refractivity contribution in [3.63, 3.8) is 0 Å². The highest BCUT2D eigenvalue weighted by Gasteiger charge is 2.43. The lowest BCUT2D eigenvalue weighted by molar-refractivity contribution is -0.118. The van der Waals surface area contributed by atoms with Gasteiger partial charge in [-0.3, -0.25) is 4.79 Å². The number of hydrogen-bond acceptors (Lipinski definition) is 3. The van der Waals surface area contributed by atoms with Gasteiger partial charge in [-0.05, 0) is 44.0 Å². The number of fused-ring (bicyclic) bond motifs is 1. The Morgan fingerprint density at radius 2 is 1.79 bits per heavy atom. The average Bonchev–Trinajstić information content (AvgIpc) is 2.77. The Morgan fingerprint density at radius 3 is 2.42 bits per heavy atom. The molecule has 5 heteroatoms. The molecule has 1 aliphatic heterocycles. The number of amides is 2. The second-order valence-electron chi connectivity index (χ2n) is 6.70. The molecular weight excluding hydrogens is 370 g/mol. The van der Waals surface area contributed by atoms with E-state index in [0.717, 1.165) is 20.5 Å². The summed E-state index contributed by atoms with van der Waals surface area (Å²) >= 11 is 3.41. The van der Waals surface area contributed by atoms with Crippen molar-refractivity contribution in [3.8, 4) is 0 Å². The van der Waals surface area contributed by atoms with Gasteiger partial charge in [-0.1, -0.05) is 52.3 Å². The lowest BCUT2D eigenvalue weighted by Gasteiger charge is -2.24. The van der Waals surface area contributed by atoms with E-state index in [9.17, 15) is 9.59 Å². The third-order valence-corrected chi connectivity index (χ3v) is 4.21. The predicted molar refractivity (Wildman–Crippen MR) is 96.1 cm³/mol. The van der Waals surface area contributed by atoms with Gasteiger partial charge in [0.1, 0.15) is 5.60 Å². The predicted octanol–water partition coefficient (Wildman–Crippen LogP) is 4.86. The zero-order chi connectivity index (χ0) is 17.5. The van der Waals surface area contributed by atoms with Crippen LogP contribution in [0.3, 0.4) is 0 Å². The maximum atomic E-state index is 13.0. The van der Waals surface area contributed by atoms with Gasteiger partial charge in [0.2, 0.25) is 5.91 Å². The quantitative estimate of drug-likeness (QED) is 0.701. The number of nitrogens with zero attached hydrogens (tertiary/aromatic N) is 1. The highest BCUT2D eigenvalue weighted by atomic mass is 79.9. The zero-order valence-electron chi connectivity index (χ0n) is 13.7. The molecule has 1 heterocycles. The highest BCUT2D eigenvalue weighted by molar-refractivity contribution is 9.10. The number of carbonyl (C=O) groups is 2. The maximum Gasteiger partial charge on any atom is 0.421 e. The number of carbonyl (C=O) groups excluding carboxylic acids is 2. The maximum absolute atomic E-state index is 13.0. The molecule has 2 amide bonds. The topological polar surface area (TPSA) is 46.6 Å². The van der Waals surface area contributed by atoms with Crippen LogP contribution >= 0.6 is 15.9 Å². The Labute approximate surface area is 149 Å². The SMILES string of the molecule is CC(C)(C)OC(=O)N1C(=O)C(c2ccccc2)c2ccc(Br)cc21. The molecule has 2 aromatic rings. The normalized spacial score (nSPS) is 16.9. The molecule has 24 heavy (non-hydrogen) atoms. The van der Waals surface area contributed by atoms with Crippen LogP contribution in [0.15, 0.2) is 53.0 Å². The van der Waals surface area contributed by atoms with Crippen LogP contribution in [0, 0.1) is 0 Å². The van der Waals surface area contributed by atoms with Gasteiger partial charge in [0, 0.05) is 4.47 Å². The first-order chi connectivity index (χ1) is 11.3. The van der Waals surface area contributed by atoms with Gasteiger partial charge < -0.3 is 4.74 Å². The molecule has 3 rings (SSSR count). The summed E-state index contributed by atoms with van der Waals surface area (Å²) in [6.45, 7) is 5.34. The van der Waals surface area contributed by atoms with Crippen LogP contribution in [0.2, 0.25) is 0 Å². The summed E-state index contributed by atoms with van der Waals surface area (Å²) in [5, 5.41) is 0. The molecule has 0 radical (unpaired) electrons. The van der Waals surface area contributed by atoms with Crippen molar-refractivity contribution in [2.75, 3.05) is 4.90 Å². The fraction of sp³-hybridized carbons (Fsp3) is 0.263. The smallest absolute Gasteiger partial charge is 0.421 e. The van der Waals surface area contributed by atoms with Crippen molar-refractivity contribution in [3.05, 3.63) is 64.1 Å². The van der Waals surface area contributed by atoms with Crippen LogP contribution in [-0.2, 0) is 9.53 Å². The molecule has 0 bridgehead atoms. The Balaban J connectivity index is 2.08. The molecule has 0 spiro atoms. The minimum atomic E-state index is -0.672. The van der Waals surface area contributed by atoms with Crippen LogP contribution in [0.5, 0.6) is 0 Å². The molecule has 124 valence electrons. The van der Waals surface area contributed by atoms with Crippen molar-refractivity contribution in [2.45, 2.75) is 32.3 Å². The molecular formula is C19H18BrNO3. The largest absolute Gasteiger partial charge is 0.443 e. The molecule has 0 N–H and O–H groups in total. The van der Waals surface area contributed by atoms with E-state index < -0.39 is 17.6 Å². The summed E-state index contributed by atoms with van der Waals surface area (Å²) in [7, 11) is 0. The molecule has 1 atom stereocenters. The van der Waals surface area contributed by atoms with E-state index in [-0.39, 0.29) is 5.91 Å². The third kappa shape index (κ3) is 3.08. The van der Waals surface area contributed by atoms with Crippen molar-refractivity contribution < 1.29 is 14.3 Å². The van der Waals surface area contributed by atoms with E-state index >= 15 is 0 Å². The van der Waals surface area contributed by atoms with Gasteiger partial charge >= 0.3 is 6.09 Å². The van der Waals surface area contributed by atoms with Gasteiger partial charge in [0.25, 0.3) is 0 Å². The second-order valence-corrected chi connectivity index (χ2v) is 7.62. The van der Waals surface area contributed by atoms with Gasteiger partial charge in [0.05, 0.1) is 11.6 Å². The van der Waals surface area contributed by atoms with E-state index in [1.165, 1.54) is 0 Å². The molecule has 0 saturated carbocycles. The highest BCUT2D eigenvalue weighted by Crippen LogP contribution is 2.43. The number of benzene rings is 2. The zero-order valence-corrected chi connectivity index (χ0v) is 15.3. The number of ether oxygens (including phenoxy) is 1. The molecule has 0 aromatic heterocycles. The van der Waals surface area contributed by atoms with Crippen LogP contribution in [0.4, 0.5) is 10.5 Å². The minimum Gasteiger partial charge on any atom is -0.443 e. The van der Waals surface area contributed by atoms with Gasteiger partial charge in [-0.15, -0.1) is 0 Å². The van der Waals surface area contributed by atoms with Crippen LogP contribution in [0.25, 0.3) is 0 Å². The summed E-state index contributed by atoms with van der Waals surface area (Å²) in [5.74, 6) is -0.787. The van der Waals surface area contributed by atoms with E-state index in [1.807, 2.05) is 42.5 Å². The molecule has 4 nitrogen and oxygen atoms in total. The second kappa shape index (κ2) is 6.06. The summed E-state index contributed by atoms with van der Waals surface area (Å²) in [4.78, 5) is 26.7. The lowest BCUT2D eigenvalue weighted by atomic mass is 9.93. The minimum absolute atomic E-state index is 0.288. The Kier molecular flexibility index (Phi) is 4.22. The van der Waals surface area contributed by atoms with Gasteiger partial charge in [-0.2, -0.15) is 0 Å². The number of imide groups is 1. The van der Waals surface area contributed by atoms with Crippen LogP contribution in [-0.4, -0.2) is 17.6 Å². The first kappa shape index (κ1) is 16.7. The number of rotatable bonds is 1. The molecule has 2 aromatic carbocycles. The number of anilines is 1. The lowest BCUT2D eigenvalue weighted by Crippen LogP contribution is -2.39. The third-order valence-electron chi connectivity index (χ3n) is 3.72. The Hall–Kier alpha value is -2.14. The van der Waals surface area contributed by atoms with E-state index in [0.29, 0.717) is 5.69 Å². The van der Waals surface area contributed by atoms with E-state index in [4.69, 9.17) is 4.74 Å². The molecule has 0 aliphatic carbocycles. The Bertz CT molecular complexity index is 796. The van der Waals surface area contributed by atoms with Crippen LogP contribution < -0.4 is 4.90 Å². The molecule has 1 unspecified atom stereocenters. The van der Waals surface area contributed by atoms with Crippen molar-refractivity contribution >= 4 is 33.6 Å². The van der Waals surface area contributed by atoms with Crippen molar-refractivity contribution in [1.29, 1.82) is 0 Å². The van der Waals surface area contributed by atoms with Crippen molar-refractivity contribution in [2.24, 2.45) is 0 Å². The van der Waals surface area contributed by atoms with Gasteiger partial charge in [0.15, 0.2) is 0 Å². The first-order valence-corrected chi connectivity index (χ1v) is 8.48. The fourth-order valence-electron chi connectivity index (χ4n) is 2.80. The number of halogens is 1. The van der Waals surface area contributed by atoms with Crippen LogP contribution in [0.1, 0.15) is 37.8 Å². The Morgan fingerprint density at radius 1 is 1.12 bits per heavy atom. The molecule has 0 saturated heterocycles. The average molecular weight is 388 g/mol. The summed E-state index contributed by atoms with van der Waals surface area (Å²) in [6.07, 6.45) is -0.648.